The molecule has 11 nitrogen and oxygen atoms in total. The minimum atomic E-state index is -0.831. The van der Waals surface area contributed by atoms with E-state index in [1.165, 1.54) is 6.33 Å². The number of ether oxygens (including phenoxy) is 3. The van der Waals surface area contributed by atoms with Crippen molar-refractivity contribution in [3.8, 4) is 0 Å². The van der Waals surface area contributed by atoms with E-state index in [1.54, 1.807) is 32.3 Å². The third-order valence-corrected chi connectivity index (χ3v) is 4.78. The highest BCUT2D eigenvalue weighted by Gasteiger charge is 2.56. The number of aromatic amines is 1. The Morgan fingerprint density at radius 2 is 2.11 bits per heavy atom. The molecule has 0 spiro atoms. The Bertz CT molecular complexity index is 967. The van der Waals surface area contributed by atoms with Crippen LogP contribution in [0.4, 0.5) is 5.95 Å². The summed E-state index contributed by atoms with van der Waals surface area (Å²) in [5.74, 6) is -1.36. The van der Waals surface area contributed by atoms with Crippen molar-refractivity contribution in [3.05, 3.63) is 16.7 Å². The molecule has 2 aliphatic heterocycles. The highest BCUT2D eigenvalue weighted by Crippen LogP contribution is 2.43. The zero-order valence-corrected chi connectivity index (χ0v) is 16.0. The van der Waals surface area contributed by atoms with Gasteiger partial charge in [0.05, 0.1) is 12.9 Å². The summed E-state index contributed by atoms with van der Waals surface area (Å²) in [5.41, 5.74) is -0.147. The number of aliphatic hydroxyl groups excluding tert-OH is 1. The molecule has 0 aromatic carbocycles. The van der Waals surface area contributed by atoms with Crippen LogP contribution >= 0.6 is 0 Å². The number of carbonyl (C=O) groups is 1. The highest BCUT2D eigenvalue weighted by atomic mass is 16.8. The minimum absolute atomic E-state index is 0.0233. The van der Waals surface area contributed by atoms with Crippen molar-refractivity contribution in [2.45, 2.75) is 58.0 Å². The lowest BCUT2D eigenvalue weighted by Gasteiger charge is -2.24. The third kappa shape index (κ3) is 3.09. The van der Waals surface area contributed by atoms with Crippen molar-refractivity contribution in [1.82, 2.24) is 19.5 Å². The molecule has 0 radical (unpaired) electrons. The molecule has 0 bridgehead atoms. The fourth-order valence-corrected chi connectivity index (χ4v) is 3.46. The van der Waals surface area contributed by atoms with Crippen molar-refractivity contribution in [3.63, 3.8) is 0 Å². The number of amides is 1. The first-order valence-corrected chi connectivity index (χ1v) is 9.10. The number of rotatable bonds is 4. The van der Waals surface area contributed by atoms with Gasteiger partial charge in [0.2, 0.25) is 11.9 Å². The molecule has 11 heteroatoms. The Balaban J connectivity index is 1.74. The second kappa shape index (κ2) is 6.62. The Morgan fingerprint density at radius 3 is 2.79 bits per heavy atom. The number of hydrogen-bond acceptors (Lipinski definition) is 8. The van der Waals surface area contributed by atoms with Gasteiger partial charge in [-0.2, -0.15) is 4.98 Å². The van der Waals surface area contributed by atoms with Gasteiger partial charge in [0, 0.05) is 5.92 Å². The van der Waals surface area contributed by atoms with Crippen LogP contribution in [-0.4, -0.2) is 61.2 Å². The second-order valence-electron chi connectivity index (χ2n) is 7.69. The summed E-state index contributed by atoms with van der Waals surface area (Å²) in [6, 6.07) is 0. The number of imidazole rings is 1. The van der Waals surface area contributed by atoms with Gasteiger partial charge in [-0.05, 0) is 13.8 Å². The van der Waals surface area contributed by atoms with E-state index in [0.717, 1.165) is 0 Å². The number of nitrogens with zero attached hydrogens (tertiary/aromatic N) is 3. The van der Waals surface area contributed by atoms with Gasteiger partial charge in [-0.1, -0.05) is 13.8 Å². The Kier molecular flexibility index (Phi) is 4.49. The van der Waals surface area contributed by atoms with Crippen LogP contribution in [0.25, 0.3) is 11.2 Å². The van der Waals surface area contributed by atoms with Crippen molar-refractivity contribution in [2.75, 3.05) is 11.9 Å². The van der Waals surface area contributed by atoms with Crippen molar-refractivity contribution in [2.24, 2.45) is 5.92 Å². The zero-order chi connectivity index (χ0) is 20.2. The van der Waals surface area contributed by atoms with E-state index < -0.39 is 35.9 Å². The molecule has 0 aliphatic carbocycles. The van der Waals surface area contributed by atoms with E-state index in [-0.39, 0.29) is 35.5 Å². The normalized spacial score (nSPS) is 28.8. The number of anilines is 1. The maximum Gasteiger partial charge on any atom is 0.280 e. The number of fused-ring (bicyclic) bond motifs is 2. The highest BCUT2D eigenvalue weighted by molar-refractivity contribution is 5.91. The first-order chi connectivity index (χ1) is 13.2. The van der Waals surface area contributed by atoms with Crippen LogP contribution in [0.5, 0.6) is 0 Å². The molecular weight excluding hydrogens is 370 g/mol. The van der Waals surface area contributed by atoms with Gasteiger partial charge in [0.15, 0.2) is 23.2 Å². The summed E-state index contributed by atoms with van der Waals surface area (Å²) in [5, 5.41) is 12.2. The quantitative estimate of drug-likeness (QED) is 0.665. The van der Waals surface area contributed by atoms with Crippen LogP contribution in [0.3, 0.4) is 0 Å². The predicted molar refractivity (Wildman–Crippen MR) is 96.4 cm³/mol. The summed E-state index contributed by atoms with van der Waals surface area (Å²) >= 11 is 0. The molecule has 3 N–H and O–H groups in total. The number of nitrogens with one attached hydrogen (secondary N) is 2. The molecule has 152 valence electrons. The molecule has 4 rings (SSSR count). The van der Waals surface area contributed by atoms with E-state index in [2.05, 4.69) is 20.3 Å². The first kappa shape index (κ1) is 19.0. The Morgan fingerprint density at radius 1 is 1.39 bits per heavy atom. The summed E-state index contributed by atoms with van der Waals surface area (Å²) in [4.78, 5) is 35.3. The van der Waals surface area contributed by atoms with E-state index >= 15 is 0 Å². The van der Waals surface area contributed by atoms with Crippen molar-refractivity contribution >= 4 is 23.0 Å². The lowest BCUT2D eigenvalue weighted by molar-refractivity contribution is -0.199. The summed E-state index contributed by atoms with van der Waals surface area (Å²) in [7, 11) is 0. The average molecular weight is 393 g/mol. The molecule has 2 fully saturated rings. The molecule has 2 saturated heterocycles. The number of hydrogen-bond donors (Lipinski definition) is 3. The number of H-pyrrole nitrogens is 1. The summed E-state index contributed by atoms with van der Waals surface area (Å²) < 4.78 is 19.3. The lowest BCUT2D eigenvalue weighted by atomic mass is 10.1. The number of carbonyl (C=O) groups excluding carboxylic acids is 1. The lowest BCUT2D eigenvalue weighted by Crippen LogP contribution is -2.31. The largest absolute Gasteiger partial charge is 0.394 e. The molecular formula is C17H23N5O6. The molecule has 2 aliphatic rings. The Labute approximate surface area is 160 Å². The topological polar surface area (TPSA) is 141 Å². The number of aliphatic hydroxyl groups is 1. The summed E-state index contributed by atoms with van der Waals surface area (Å²) in [6.07, 6.45) is -0.839. The first-order valence-electron chi connectivity index (χ1n) is 9.10. The average Bonchev–Trinajstić information content (AvgIpc) is 3.25. The molecule has 0 unspecified atom stereocenters. The molecule has 28 heavy (non-hydrogen) atoms. The van der Waals surface area contributed by atoms with E-state index in [4.69, 9.17) is 14.2 Å². The molecule has 2 aromatic rings. The maximum absolute atomic E-state index is 12.4. The van der Waals surface area contributed by atoms with Crippen LogP contribution in [0, 0.1) is 5.92 Å². The fourth-order valence-electron chi connectivity index (χ4n) is 3.46. The van der Waals surface area contributed by atoms with Crippen LogP contribution in [0.2, 0.25) is 0 Å². The minimum Gasteiger partial charge on any atom is -0.394 e. The third-order valence-electron chi connectivity index (χ3n) is 4.78. The van der Waals surface area contributed by atoms with Gasteiger partial charge < -0.3 is 19.3 Å². The van der Waals surface area contributed by atoms with Gasteiger partial charge in [-0.15, -0.1) is 0 Å². The van der Waals surface area contributed by atoms with Crippen LogP contribution in [-0.2, 0) is 19.0 Å². The molecule has 1 amide bonds. The number of aromatic nitrogens is 4. The molecule has 4 heterocycles. The van der Waals surface area contributed by atoms with Gasteiger partial charge >= 0.3 is 0 Å². The van der Waals surface area contributed by atoms with Crippen LogP contribution < -0.4 is 10.9 Å². The van der Waals surface area contributed by atoms with E-state index in [1.807, 2.05) is 0 Å². The fraction of sp³-hybridized carbons (Fsp3) is 0.647. The molecule has 4 atom stereocenters. The van der Waals surface area contributed by atoms with Gasteiger partial charge in [0.25, 0.3) is 5.56 Å². The van der Waals surface area contributed by atoms with Crippen LogP contribution in [0.1, 0.15) is 33.9 Å². The van der Waals surface area contributed by atoms with E-state index in [0.29, 0.717) is 0 Å². The molecule has 2 aromatic heterocycles. The van der Waals surface area contributed by atoms with Gasteiger partial charge in [-0.25, -0.2) is 4.98 Å². The SMILES string of the molecule is CC(C)C(=O)Nc1nc2c(ncn2[C@@H]2O[C@H](CO)[C@H]3OC(C)(C)O[C@H]32)c(=O)[nH]1. The van der Waals surface area contributed by atoms with Gasteiger partial charge in [0.1, 0.15) is 18.3 Å². The smallest absolute Gasteiger partial charge is 0.280 e. The van der Waals surface area contributed by atoms with E-state index in [9.17, 15) is 14.7 Å². The molecule has 0 saturated carbocycles. The second-order valence-corrected chi connectivity index (χ2v) is 7.69. The summed E-state index contributed by atoms with van der Waals surface area (Å²) in [6.45, 7) is 6.79. The van der Waals surface area contributed by atoms with Crippen molar-refractivity contribution in [1.29, 1.82) is 0 Å². The predicted octanol–water partition coefficient (Wildman–Crippen LogP) is 0.124. The monoisotopic (exact) mass is 393 g/mol. The van der Waals surface area contributed by atoms with Gasteiger partial charge in [-0.3, -0.25) is 24.5 Å². The van der Waals surface area contributed by atoms with Crippen LogP contribution in [0.15, 0.2) is 11.1 Å². The zero-order valence-electron chi connectivity index (χ0n) is 16.0. The van der Waals surface area contributed by atoms with Crippen molar-refractivity contribution < 1.29 is 24.1 Å². The Hall–Kier alpha value is -2.34. The maximum atomic E-state index is 12.4. The standard InChI is InChI=1S/C17H23N5O6/c1-7(2)13(24)20-16-19-12-9(14(25)21-16)18-6-22(12)15-11-10(8(5-23)26-15)27-17(3,4)28-11/h6-8,10-11,15,23H,5H2,1-4H3,(H2,19,20,21,24,25)/t8-,10-,11-,15-/m1/s1.